The van der Waals surface area contributed by atoms with Crippen molar-refractivity contribution in [3.63, 3.8) is 0 Å². The molecule has 1 aliphatic heterocycles. The van der Waals surface area contributed by atoms with Crippen LogP contribution in [0.2, 0.25) is 0 Å². The van der Waals surface area contributed by atoms with Crippen LogP contribution < -0.4 is 0 Å². The molecule has 0 aromatic heterocycles. The Bertz CT molecular complexity index is 306. The number of rotatable bonds is 2. The summed E-state index contributed by atoms with van der Waals surface area (Å²) in [5.41, 5.74) is 0.380. The molecular formula is C15H27NO. The minimum absolute atomic E-state index is 0.0713. The van der Waals surface area contributed by atoms with Crippen LogP contribution in [0, 0.1) is 16.7 Å². The lowest BCUT2D eigenvalue weighted by molar-refractivity contribution is -0.134. The molecule has 2 rings (SSSR count). The zero-order valence-electron chi connectivity index (χ0n) is 11.9. The monoisotopic (exact) mass is 237 g/mol. The minimum Gasteiger partial charge on any atom is -0.302 e. The van der Waals surface area contributed by atoms with E-state index in [1.807, 2.05) is 0 Å². The Kier molecular flexibility index (Phi) is 3.37. The average molecular weight is 237 g/mol. The van der Waals surface area contributed by atoms with Crippen molar-refractivity contribution in [2.24, 2.45) is 16.7 Å². The second-order valence-corrected chi connectivity index (χ2v) is 7.49. The summed E-state index contributed by atoms with van der Waals surface area (Å²) in [6.07, 6.45) is 4.69. The first-order chi connectivity index (χ1) is 7.80. The summed E-state index contributed by atoms with van der Waals surface area (Å²) in [5.74, 6) is 0.807. The van der Waals surface area contributed by atoms with Gasteiger partial charge < -0.3 is 4.90 Å². The molecule has 98 valence electrons. The lowest BCUT2D eigenvalue weighted by atomic mass is 9.71. The van der Waals surface area contributed by atoms with Gasteiger partial charge in [0.05, 0.1) is 0 Å². The number of Topliss-reactive ketones (excluding diaryl/α,β-unsaturated/α-hetero) is 1. The van der Waals surface area contributed by atoms with E-state index in [1.54, 1.807) is 0 Å². The molecule has 2 fully saturated rings. The molecule has 0 aromatic rings. The van der Waals surface area contributed by atoms with E-state index in [0.717, 1.165) is 25.9 Å². The second kappa shape index (κ2) is 4.38. The van der Waals surface area contributed by atoms with Gasteiger partial charge in [-0.1, -0.05) is 34.1 Å². The van der Waals surface area contributed by atoms with E-state index in [0.29, 0.717) is 17.1 Å². The lowest BCUT2D eigenvalue weighted by Gasteiger charge is -2.35. The normalized spacial score (nSPS) is 32.9. The second-order valence-electron chi connectivity index (χ2n) is 7.49. The molecule has 2 aliphatic rings. The molecule has 0 radical (unpaired) electrons. The summed E-state index contributed by atoms with van der Waals surface area (Å²) in [6.45, 7) is 12.3. The van der Waals surface area contributed by atoms with Crippen molar-refractivity contribution in [2.75, 3.05) is 19.6 Å². The van der Waals surface area contributed by atoms with Gasteiger partial charge in [-0.05, 0) is 31.2 Å². The lowest BCUT2D eigenvalue weighted by Crippen LogP contribution is -2.41. The molecule has 1 unspecified atom stereocenters. The van der Waals surface area contributed by atoms with Crippen LogP contribution in [0.5, 0.6) is 0 Å². The first kappa shape index (κ1) is 13.1. The molecule has 0 bridgehead atoms. The van der Waals surface area contributed by atoms with Crippen molar-refractivity contribution < 1.29 is 4.79 Å². The van der Waals surface area contributed by atoms with Crippen molar-refractivity contribution >= 4 is 5.78 Å². The van der Waals surface area contributed by atoms with Gasteiger partial charge in [-0.25, -0.2) is 0 Å². The van der Waals surface area contributed by atoms with Gasteiger partial charge in [0.2, 0.25) is 0 Å². The summed E-state index contributed by atoms with van der Waals surface area (Å²) >= 11 is 0. The quantitative estimate of drug-likeness (QED) is 0.735. The van der Waals surface area contributed by atoms with Crippen molar-refractivity contribution in [1.29, 1.82) is 0 Å². The molecule has 1 aliphatic carbocycles. The average Bonchev–Trinajstić information content (AvgIpc) is 2.53. The van der Waals surface area contributed by atoms with E-state index >= 15 is 0 Å². The zero-order chi connectivity index (χ0) is 12.7. The summed E-state index contributed by atoms with van der Waals surface area (Å²) in [7, 11) is 0. The van der Waals surface area contributed by atoms with Gasteiger partial charge in [0.25, 0.3) is 0 Å². The van der Waals surface area contributed by atoms with Gasteiger partial charge in [-0.2, -0.15) is 0 Å². The predicted octanol–water partition coefficient (Wildman–Crippen LogP) is 3.11. The number of hydrogen-bond acceptors (Lipinski definition) is 2. The number of nitrogens with zero attached hydrogens (tertiary/aromatic N) is 1. The summed E-state index contributed by atoms with van der Waals surface area (Å²) in [5, 5.41) is 0. The highest BCUT2D eigenvalue weighted by molar-refractivity contribution is 5.87. The third-order valence-corrected chi connectivity index (χ3v) is 4.63. The van der Waals surface area contributed by atoms with Crippen LogP contribution in [0.1, 0.15) is 53.4 Å². The standard InChI is InChI=1S/C15H27NO/c1-14(2)8-9-16(11-14)10-12-6-5-7-15(3,4)13(12)17/h12H,5-11H2,1-4H3. The SMILES string of the molecule is CC1(C)CCN(CC2CCCC(C)(C)C2=O)C1. The highest BCUT2D eigenvalue weighted by Crippen LogP contribution is 2.37. The van der Waals surface area contributed by atoms with Gasteiger partial charge in [0, 0.05) is 24.4 Å². The summed E-state index contributed by atoms with van der Waals surface area (Å²) in [6, 6.07) is 0. The Balaban J connectivity index is 1.93. The number of hydrogen-bond donors (Lipinski definition) is 0. The molecule has 1 saturated carbocycles. The Morgan fingerprint density at radius 3 is 2.53 bits per heavy atom. The summed E-state index contributed by atoms with van der Waals surface area (Å²) < 4.78 is 0. The highest BCUT2D eigenvalue weighted by atomic mass is 16.1. The van der Waals surface area contributed by atoms with Crippen LogP contribution in [-0.2, 0) is 4.79 Å². The molecule has 17 heavy (non-hydrogen) atoms. The zero-order valence-corrected chi connectivity index (χ0v) is 11.9. The van der Waals surface area contributed by atoms with Gasteiger partial charge in [0.1, 0.15) is 5.78 Å². The number of carbonyl (C=O) groups is 1. The van der Waals surface area contributed by atoms with E-state index in [-0.39, 0.29) is 5.41 Å². The van der Waals surface area contributed by atoms with E-state index in [2.05, 4.69) is 32.6 Å². The molecule has 0 spiro atoms. The fraction of sp³-hybridized carbons (Fsp3) is 0.933. The first-order valence-corrected chi connectivity index (χ1v) is 7.07. The largest absolute Gasteiger partial charge is 0.302 e. The van der Waals surface area contributed by atoms with E-state index < -0.39 is 0 Å². The Hall–Kier alpha value is -0.370. The predicted molar refractivity (Wildman–Crippen MR) is 71.0 cm³/mol. The number of carbonyl (C=O) groups excluding carboxylic acids is 1. The fourth-order valence-corrected chi connectivity index (χ4v) is 3.46. The maximum atomic E-state index is 12.4. The van der Waals surface area contributed by atoms with Crippen molar-refractivity contribution in [2.45, 2.75) is 53.4 Å². The fourth-order valence-electron chi connectivity index (χ4n) is 3.46. The van der Waals surface area contributed by atoms with Crippen LogP contribution in [0.15, 0.2) is 0 Å². The molecule has 1 heterocycles. The third-order valence-electron chi connectivity index (χ3n) is 4.63. The van der Waals surface area contributed by atoms with Crippen LogP contribution in [0.4, 0.5) is 0 Å². The van der Waals surface area contributed by atoms with Gasteiger partial charge >= 0.3 is 0 Å². The maximum Gasteiger partial charge on any atom is 0.142 e. The molecule has 2 heteroatoms. The number of likely N-dealkylation sites (tertiary alicyclic amines) is 1. The minimum atomic E-state index is -0.0713. The molecule has 1 atom stereocenters. The van der Waals surface area contributed by atoms with Crippen LogP contribution in [-0.4, -0.2) is 30.3 Å². The van der Waals surface area contributed by atoms with Crippen LogP contribution >= 0.6 is 0 Å². The van der Waals surface area contributed by atoms with Crippen molar-refractivity contribution in [1.82, 2.24) is 4.90 Å². The molecular weight excluding hydrogens is 210 g/mol. The number of ketones is 1. The topological polar surface area (TPSA) is 20.3 Å². The van der Waals surface area contributed by atoms with E-state index in [9.17, 15) is 4.79 Å². The van der Waals surface area contributed by atoms with Gasteiger partial charge in [-0.3, -0.25) is 4.79 Å². The first-order valence-electron chi connectivity index (χ1n) is 7.07. The Morgan fingerprint density at radius 1 is 1.24 bits per heavy atom. The molecule has 0 aromatic carbocycles. The maximum absolute atomic E-state index is 12.4. The van der Waals surface area contributed by atoms with E-state index in [4.69, 9.17) is 0 Å². The summed E-state index contributed by atoms with van der Waals surface area (Å²) in [4.78, 5) is 14.9. The van der Waals surface area contributed by atoms with Crippen LogP contribution in [0.25, 0.3) is 0 Å². The van der Waals surface area contributed by atoms with Crippen molar-refractivity contribution in [3.05, 3.63) is 0 Å². The highest BCUT2D eigenvalue weighted by Gasteiger charge is 2.39. The Morgan fingerprint density at radius 2 is 1.94 bits per heavy atom. The molecule has 1 saturated heterocycles. The van der Waals surface area contributed by atoms with Gasteiger partial charge in [0.15, 0.2) is 0 Å². The van der Waals surface area contributed by atoms with E-state index in [1.165, 1.54) is 19.4 Å². The third kappa shape index (κ3) is 2.90. The van der Waals surface area contributed by atoms with Crippen LogP contribution in [0.3, 0.4) is 0 Å². The van der Waals surface area contributed by atoms with Crippen molar-refractivity contribution in [3.8, 4) is 0 Å². The molecule has 0 N–H and O–H groups in total. The smallest absolute Gasteiger partial charge is 0.142 e. The van der Waals surface area contributed by atoms with Gasteiger partial charge in [-0.15, -0.1) is 0 Å². The molecule has 2 nitrogen and oxygen atoms in total. The molecule has 0 amide bonds. The Labute approximate surface area is 106 Å².